The van der Waals surface area contributed by atoms with Crippen molar-refractivity contribution in [2.24, 2.45) is 0 Å². The van der Waals surface area contributed by atoms with Crippen molar-refractivity contribution < 1.29 is 68.4 Å². The van der Waals surface area contributed by atoms with E-state index in [0.717, 1.165) is 25.7 Å². The van der Waals surface area contributed by atoms with Gasteiger partial charge >= 0.3 is 49.7 Å². The van der Waals surface area contributed by atoms with Crippen molar-refractivity contribution in [1.29, 1.82) is 0 Å². The van der Waals surface area contributed by atoms with Gasteiger partial charge in [0.05, 0.1) is 78.4 Å². The van der Waals surface area contributed by atoms with Gasteiger partial charge in [0.25, 0.3) is 0 Å². The van der Waals surface area contributed by atoms with E-state index < -0.39 is 23.9 Å². The molecule has 17 heteroatoms. The molecular formula is C34H60CaN4O12+2. The summed E-state index contributed by atoms with van der Waals surface area (Å²) in [6.45, 7) is 6.13. The Morgan fingerprint density at radius 2 is 0.882 bits per heavy atom. The number of allylic oxidation sites excluding steroid dienone is 2. The molecule has 2 amide bonds. The minimum Gasteiger partial charge on any atom is -0.550 e. The summed E-state index contributed by atoms with van der Waals surface area (Å²) < 4.78 is 0.228. The summed E-state index contributed by atoms with van der Waals surface area (Å²) in [5.74, 6) is -4.71. The number of carbonyl (C=O) groups is 6. The van der Waals surface area contributed by atoms with E-state index in [1.54, 1.807) is 12.2 Å². The Morgan fingerprint density at radius 3 is 1.16 bits per heavy atom. The third-order valence-corrected chi connectivity index (χ3v) is 8.00. The van der Waals surface area contributed by atoms with Crippen LogP contribution in [0.2, 0.25) is 0 Å². The Kier molecular flexibility index (Phi) is 34.4. The van der Waals surface area contributed by atoms with E-state index in [0.29, 0.717) is 13.1 Å². The number of amides is 2. The van der Waals surface area contributed by atoms with Crippen LogP contribution in [0.25, 0.3) is 0 Å². The first-order valence-corrected chi connectivity index (χ1v) is 17.3. The monoisotopic (exact) mass is 756 g/mol. The number of carbonyl (C=O) groups excluding carboxylic acids is 4. The standard InChI is InChI=1S/2C17H30N2O6.Ca/c2*1-2-3-4-5-6-15(21)18-9-12-19(13-14-20,10-7-16(22)23)11-8-17(24)25;/h2*4-5,20H,2-3,6-14H2,1H3,(H2-,18,21,22,23,24,25);/q;;+2/b2*5-4+;. The number of hydrogen-bond acceptors (Lipinski definition) is 10. The second-order valence-corrected chi connectivity index (χ2v) is 12.1. The molecule has 2 atom stereocenters. The van der Waals surface area contributed by atoms with Gasteiger partial charge in [0.2, 0.25) is 11.8 Å². The van der Waals surface area contributed by atoms with Crippen LogP contribution in [0.4, 0.5) is 0 Å². The van der Waals surface area contributed by atoms with E-state index in [9.17, 15) is 49.2 Å². The summed E-state index contributed by atoms with van der Waals surface area (Å²) in [5, 5.41) is 63.4. The molecule has 0 spiro atoms. The number of unbranched alkanes of at least 4 members (excludes halogenated alkanes) is 2. The number of nitrogens with zero attached hydrogens (tertiary/aromatic N) is 2. The first-order valence-electron chi connectivity index (χ1n) is 17.3. The number of rotatable bonds is 30. The molecule has 0 aliphatic carbocycles. The second kappa shape index (κ2) is 33.2. The number of hydrogen-bond donors (Lipinski definition) is 6. The Morgan fingerprint density at radius 1 is 0.549 bits per heavy atom. The molecule has 0 aromatic rings. The molecule has 16 nitrogen and oxygen atoms in total. The first-order chi connectivity index (χ1) is 23.7. The average molecular weight is 757 g/mol. The van der Waals surface area contributed by atoms with Crippen molar-refractivity contribution in [3.8, 4) is 0 Å². The fraction of sp³-hybridized carbons (Fsp3) is 0.706. The predicted molar refractivity (Wildman–Crippen MR) is 186 cm³/mol. The first kappa shape index (κ1) is 52.8. The number of carboxylic acids is 4. The van der Waals surface area contributed by atoms with E-state index in [4.69, 9.17) is 10.2 Å². The van der Waals surface area contributed by atoms with Gasteiger partial charge in [-0.05, 0) is 12.8 Å². The smallest absolute Gasteiger partial charge is 0.550 e. The van der Waals surface area contributed by atoms with Crippen molar-refractivity contribution in [3.63, 3.8) is 0 Å². The molecule has 51 heavy (non-hydrogen) atoms. The van der Waals surface area contributed by atoms with Crippen LogP contribution in [0.15, 0.2) is 24.3 Å². The largest absolute Gasteiger partial charge is 2.00 e. The number of aliphatic hydroxyl groups is 2. The summed E-state index contributed by atoms with van der Waals surface area (Å²) in [6.07, 6.45) is 11.2. The zero-order valence-corrected chi connectivity index (χ0v) is 32.7. The maximum Gasteiger partial charge on any atom is 2.00 e. The van der Waals surface area contributed by atoms with Gasteiger partial charge in [0.15, 0.2) is 0 Å². The second-order valence-electron chi connectivity index (χ2n) is 12.1. The van der Waals surface area contributed by atoms with Gasteiger partial charge in [-0.15, -0.1) is 0 Å². The summed E-state index contributed by atoms with van der Waals surface area (Å²) in [7, 11) is 0. The summed E-state index contributed by atoms with van der Waals surface area (Å²) in [6, 6.07) is 0. The average Bonchev–Trinajstić information content (AvgIpc) is 3.05. The zero-order valence-electron chi connectivity index (χ0n) is 30.5. The molecule has 0 heterocycles. The van der Waals surface area contributed by atoms with Crippen molar-refractivity contribution in [3.05, 3.63) is 24.3 Å². The Balaban J connectivity index is -0.000000886. The SMILES string of the molecule is CCC/C=C/CC(=O)NCC[N+](CCO)(CCC(=O)[O-])CCC(=O)O.CCC/C=C/CC(=O)NCC[N+](CCO)(CCC(=O)[O-])CCC(=O)O.[Ca+2]. The van der Waals surface area contributed by atoms with Crippen LogP contribution < -0.4 is 20.8 Å². The van der Waals surface area contributed by atoms with Crippen LogP contribution in [0, 0.1) is 0 Å². The van der Waals surface area contributed by atoms with Gasteiger partial charge in [0.1, 0.15) is 13.1 Å². The topological polar surface area (TPSA) is 254 Å². The van der Waals surface area contributed by atoms with Crippen LogP contribution in [0.1, 0.15) is 78.1 Å². The van der Waals surface area contributed by atoms with Gasteiger partial charge in [-0.1, -0.05) is 51.0 Å². The van der Waals surface area contributed by atoms with Crippen molar-refractivity contribution in [2.75, 3.05) is 78.7 Å². The fourth-order valence-corrected chi connectivity index (χ4v) is 5.05. The van der Waals surface area contributed by atoms with E-state index in [2.05, 4.69) is 10.6 Å². The molecule has 0 aromatic carbocycles. The van der Waals surface area contributed by atoms with Crippen LogP contribution in [-0.2, 0) is 28.8 Å². The molecular weight excluding hydrogens is 696 g/mol. The van der Waals surface area contributed by atoms with Crippen LogP contribution >= 0.6 is 0 Å². The zero-order chi connectivity index (χ0) is 38.3. The maximum atomic E-state index is 11.8. The summed E-state index contributed by atoms with van der Waals surface area (Å²) in [4.78, 5) is 66.8. The van der Waals surface area contributed by atoms with Gasteiger partial charge in [-0.2, -0.15) is 0 Å². The molecule has 0 aliphatic rings. The van der Waals surface area contributed by atoms with Crippen molar-refractivity contribution in [1.82, 2.24) is 10.6 Å². The number of quaternary nitrogens is 2. The molecule has 0 saturated carbocycles. The molecule has 6 N–H and O–H groups in total. The molecule has 0 bridgehead atoms. The summed E-state index contributed by atoms with van der Waals surface area (Å²) >= 11 is 0. The molecule has 0 fully saturated rings. The molecule has 0 radical (unpaired) electrons. The van der Waals surface area contributed by atoms with Gasteiger partial charge in [-0.25, -0.2) is 0 Å². The molecule has 288 valence electrons. The fourth-order valence-electron chi connectivity index (χ4n) is 5.05. The van der Waals surface area contributed by atoms with E-state index >= 15 is 0 Å². The van der Waals surface area contributed by atoms with E-state index in [1.807, 2.05) is 26.0 Å². The molecule has 0 rings (SSSR count). The van der Waals surface area contributed by atoms with E-state index in [-0.39, 0.29) is 163 Å². The van der Waals surface area contributed by atoms with Gasteiger partial charge < -0.3 is 59.8 Å². The number of aliphatic hydroxyl groups excluding tert-OH is 2. The van der Waals surface area contributed by atoms with Crippen LogP contribution in [-0.4, -0.2) is 181 Å². The minimum absolute atomic E-state index is 0. The number of aliphatic carboxylic acids is 4. The third-order valence-electron chi connectivity index (χ3n) is 8.00. The normalized spacial score (nSPS) is 13.3. The summed E-state index contributed by atoms with van der Waals surface area (Å²) in [5.41, 5.74) is 0. The maximum absolute atomic E-state index is 11.8. The molecule has 0 aliphatic heterocycles. The Hall–Kier alpha value is -2.60. The molecule has 2 unspecified atom stereocenters. The Labute approximate surface area is 331 Å². The molecule has 0 aromatic heterocycles. The van der Waals surface area contributed by atoms with Gasteiger partial charge in [0, 0.05) is 37.6 Å². The minimum atomic E-state index is -1.22. The Bertz CT molecular complexity index is 954. The van der Waals surface area contributed by atoms with E-state index in [1.165, 1.54) is 0 Å². The van der Waals surface area contributed by atoms with Crippen molar-refractivity contribution in [2.45, 2.75) is 78.1 Å². The molecule has 0 saturated heterocycles. The van der Waals surface area contributed by atoms with Crippen LogP contribution in [0.5, 0.6) is 0 Å². The third kappa shape index (κ3) is 31.8. The van der Waals surface area contributed by atoms with Crippen LogP contribution in [0.3, 0.4) is 0 Å². The quantitative estimate of drug-likeness (QED) is 0.0269. The van der Waals surface area contributed by atoms with Crippen molar-refractivity contribution >= 4 is 73.4 Å². The number of carboxylic acid groups (broad SMARTS) is 4. The number of nitrogens with one attached hydrogen (secondary N) is 2. The van der Waals surface area contributed by atoms with Gasteiger partial charge in [-0.3, -0.25) is 19.2 Å². The predicted octanol–water partition coefficient (Wildman–Crippen LogP) is -1.84.